The van der Waals surface area contributed by atoms with Crippen LogP contribution >= 0.6 is 50.5 Å². The molecule has 17 amide bonds. The highest BCUT2D eigenvalue weighted by Crippen LogP contribution is 2.26. The molecule has 732 valence electrons. The molecule has 48 nitrogen and oxygen atoms in total. The average Bonchev–Trinajstić information content (AvgIpc) is 1.75. The summed E-state index contributed by atoms with van der Waals surface area (Å²) in [6, 6.07) is -26.4. The second-order valence-corrected chi connectivity index (χ2v) is 34.0. The number of carboxylic acid groups (broad SMARTS) is 1. The Hall–Kier alpha value is -10.8. The van der Waals surface area contributed by atoms with Gasteiger partial charge in [-0.1, -0.05) is 99.8 Å². The Bertz CT molecular complexity index is 4200. The fourth-order valence-electron chi connectivity index (χ4n) is 13.6. The van der Waals surface area contributed by atoms with E-state index in [2.05, 4.69) is 156 Å². The van der Waals surface area contributed by atoms with Crippen molar-refractivity contribution in [1.29, 1.82) is 0 Å². The topological polar surface area (TPSA) is 734 Å². The van der Waals surface area contributed by atoms with Crippen molar-refractivity contribution in [2.45, 2.75) is 267 Å². The number of likely N-dealkylation sites (tertiary alicyclic amines) is 1. The quantitative estimate of drug-likeness (QED) is 0.00962. The second-order valence-electron chi connectivity index (χ2n) is 32.6. The lowest BCUT2D eigenvalue weighted by Gasteiger charge is -2.38. The van der Waals surface area contributed by atoms with Crippen molar-refractivity contribution in [3.05, 3.63) is 36.4 Å². The molecule has 25 N–H and O–H groups in total. The van der Waals surface area contributed by atoms with Gasteiger partial charge in [-0.05, 0) is 56.3 Å². The van der Waals surface area contributed by atoms with E-state index in [1.54, 1.807) is 27.7 Å². The fourth-order valence-corrected chi connectivity index (χ4v) is 14.6. The Labute approximate surface area is 778 Å². The molecule has 1 unspecified atom stereocenters. The summed E-state index contributed by atoms with van der Waals surface area (Å²) in [5.74, 6) is -25.4. The number of imide groups is 1. The van der Waals surface area contributed by atoms with Crippen LogP contribution in [0, 0.1) is 17.8 Å². The lowest BCUT2D eigenvalue weighted by atomic mass is 10.0. The molecule has 0 aromatic carbocycles. The number of hydrogen-bond donors (Lipinski definition) is 25. The monoisotopic (exact) mass is 1930 g/mol. The van der Waals surface area contributed by atoms with E-state index in [0.717, 1.165) is 43.4 Å². The van der Waals surface area contributed by atoms with E-state index >= 15 is 14.4 Å². The van der Waals surface area contributed by atoms with Gasteiger partial charge in [0.25, 0.3) is 5.91 Å². The number of hydrogen-bond acceptors (Lipinski definition) is 33. The van der Waals surface area contributed by atoms with Crippen LogP contribution in [0.25, 0.3) is 0 Å². The van der Waals surface area contributed by atoms with Gasteiger partial charge in [0.1, 0.15) is 96.7 Å². The highest BCUT2D eigenvalue weighted by atomic mass is 32.1. The van der Waals surface area contributed by atoms with Crippen LogP contribution in [0.4, 0.5) is 0 Å². The van der Waals surface area contributed by atoms with Crippen LogP contribution < -0.4 is 92.2 Å². The smallest absolute Gasteiger partial charge is 0.377 e. The summed E-state index contributed by atoms with van der Waals surface area (Å²) in [5, 5.41) is 49.5. The molecule has 2 aliphatic rings. The number of H-pyrrole nitrogens is 2. The number of aliphatic carboxylic acids is 1. The Balaban J connectivity index is 1.61. The lowest BCUT2D eigenvalue weighted by Crippen LogP contribution is -2.66. The van der Waals surface area contributed by atoms with Crippen molar-refractivity contribution < 1.29 is 121 Å². The largest absolute Gasteiger partial charge is 0.481 e. The van der Waals surface area contributed by atoms with Crippen molar-refractivity contribution in [2.24, 2.45) is 40.7 Å². The van der Waals surface area contributed by atoms with E-state index in [4.69, 9.17) is 27.8 Å². The van der Waals surface area contributed by atoms with Crippen molar-refractivity contribution in [2.75, 3.05) is 49.3 Å². The molecular weight excluding hydrogens is 1800 g/mol. The van der Waals surface area contributed by atoms with Crippen LogP contribution in [0.5, 0.6) is 0 Å². The highest BCUT2D eigenvalue weighted by Gasteiger charge is 2.49. The minimum atomic E-state index is -2.08. The van der Waals surface area contributed by atoms with Gasteiger partial charge in [0.2, 0.25) is 94.5 Å². The predicted octanol–water partition coefficient (Wildman–Crippen LogP) is -6.75. The Morgan fingerprint density at radius 2 is 1.01 bits per heavy atom. The fraction of sp³-hybridized carbons (Fsp3) is 0.671. The number of nitrogens with one attached hydrogen (secondary N) is 15. The maximum absolute atomic E-state index is 15.3. The van der Waals surface area contributed by atoms with Crippen molar-refractivity contribution in [3.63, 3.8) is 0 Å². The van der Waals surface area contributed by atoms with E-state index in [-0.39, 0.29) is 79.6 Å². The number of aliphatic hydroxyl groups is 1. The molecule has 2 aliphatic heterocycles. The molecule has 16 atom stereocenters. The maximum Gasteiger partial charge on any atom is 0.377 e. The number of carboxylic acids is 1. The number of aromatic nitrogens is 4. The number of nitrogens with two attached hydrogens (primary N) is 4. The number of amides is 17. The molecule has 0 radical (unpaired) electrons. The van der Waals surface area contributed by atoms with Gasteiger partial charge < -0.3 is 112 Å². The van der Waals surface area contributed by atoms with Gasteiger partial charge in [0, 0.05) is 72.6 Å². The first kappa shape index (κ1) is 113. The number of primary amides is 2. The van der Waals surface area contributed by atoms with Crippen molar-refractivity contribution in [3.8, 4) is 0 Å². The first-order valence-electron chi connectivity index (χ1n) is 42.9. The molecule has 131 heavy (non-hydrogen) atoms. The van der Waals surface area contributed by atoms with E-state index in [9.17, 15) is 91.7 Å². The summed E-state index contributed by atoms with van der Waals surface area (Å²) in [5.41, 5.74) is 25.3. The van der Waals surface area contributed by atoms with Crippen LogP contribution in [0.3, 0.4) is 0 Å². The van der Waals surface area contributed by atoms with E-state index in [0.29, 0.717) is 17.7 Å². The first-order chi connectivity index (χ1) is 62.1. The molecule has 2 aromatic rings. The van der Waals surface area contributed by atoms with E-state index in [1.807, 2.05) is 0 Å². The van der Waals surface area contributed by atoms with Crippen LogP contribution in [0.15, 0.2) is 25.0 Å². The zero-order valence-electron chi connectivity index (χ0n) is 74.0. The third-order valence-corrected chi connectivity index (χ3v) is 22.1. The van der Waals surface area contributed by atoms with Gasteiger partial charge in [-0.15, -0.1) is 0 Å². The summed E-state index contributed by atoms with van der Waals surface area (Å²) in [4.78, 5) is 307. The summed E-state index contributed by atoms with van der Waals surface area (Å²) in [6.07, 6.45) is 7.39. The number of aromatic amines is 2. The zero-order chi connectivity index (χ0) is 97.9. The number of imidazole rings is 2. The van der Waals surface area contributed by atoms with E-state index in [1.165, 1.54) is 38.9 Å². The summed E-state index contributed by atoms with van der Waals surface area (Å²) < 4.78 is 0. The molecule has 4 heterocycles. The van der Waals surface area contributed by atoms with Crippen LogP contribution in [0.1, 0.15) is 169 Å². The second kappa shape index (κ2) is 58.2. The van der Waals surface area contributed by atoms with Crippen LogP contribution in [-0.4, -0.2) is 304 Å². The number of thiol groups is 4. The molecule has 52 heteroatoms. The summed E-state index contributed by atoms with van der Waals surface area (Å²) in [7, 11) is 0. The van der Waals surface area contributed by atoms with Gasteiger partial charge >= 0.3 is 17.9 Å². The van der Waals surface area contributed by atoms with Gasteiger partial charge in [0.05, 0.1) is 45.3 Å². The standard InChI is InChI=1S/C79H127N23O25S4/c1-8-9-10-11-12-13-14-15-17-46-75(120)102(76(121)53(32-125-100-46)96-72(117)55(35-130)97-70(115)54(34-129)88-61(106)28-80)58(27-60(83)105)77(122)101-21-16-18-57(101)73(118)99-63(41(6)7)74(119)98-56(36-131)71(116)92-48(24-42-29-84-37-86-42)66(111)90-47(22-39(2)3)65(110)89-45(19-20-62(107)108)64(109)91-49(25-43-30-85-38-87-43)67(112)95-52(31-103)69(114)93-50(26-59(82)104)68(113)94-51(23-40(4)5)79(124)127-126-78(123)44(81)33-128/h29-30,37-41,44-58,63,100,103,128-131H,8-28,31-36,80-81H2,1-7H3,(H2,82,104)(H2,83,105)(H,84,86)(H,85,87)(H,88,106)(H,89,110)(H,90,111)(H,91,109)(H,92,116)(H,93,114)(H,94,113)(H,95,112)(H,96,117)(H,97,115)(H,98,119)(H,99,118)(H,107,108)/t44-,45+,46?,47+,48+,49+,50+,51+,52+,53+,54+,55+,56+,57+,58+,63+/m1/s1. The Kier molecular flexibility index (Phi) is 50.0. The maximum atomic E-state index is 15.3. The molecule has 2 fully saturated rings. The van der Waals surface area contributed by atoms with Gasteiger partial charge in [0.15, 0.2) is 0 Å². The van der Waals surface area contributed by atoms with Gasteiger partial charge in [-0.2, -0.15) is 56.0 Å². The average molecular weight is 1930 g/mol. The highest BCUT2D eigenvalue weighted by molar-refractivity contribution is 7.80. The molecule has 2 aromatic heterocycles. The molecule has 4 rings (SSSR count). The zero-order valence-corrected chi connectivity index (χ0v) is 77.6. The normalized spacial score (nSPS) is 17.5. The number of hydroxylamine groups is 1. The SMILES string of the molecule is CCCCCCCCCCC1NOC[C@H](NC(=O)[C@H](CS)NC(=O)[C@H](CS)NC(=O)CN)C(=O)N([C@@H](CC(N)=O)C(=O)N2CCC[C@H]2C(=O)N[C@H](C(=O)N[C@@H](CS)C(=O)N[C@@H](Cc2cnc[nH]2)C(=O)N[C@@H](CC(C)C)C(=O)N[C@@H](CCC(=O)O)C(=O)N[C@@H](Cc2cnc[nH]2)C(=O)N[C@@H](CO)C(=O)N[C@@H](CC(N)=O)C(=O)N[C@@H](CC(C)C)C(=O)OOC(=O)[C@H](N)CS)C(C)C)C1=O. The predicted molar refractivity (Wildman–Crippen MR) is 478 cm³/mol. The van der Waals surface area contributed by atoms with Gasteiger partial charge in [-0.25, -0.2) is 29.3 Å². The summed E-state index contributed by atoms with van der Waals surface area (Å²) >= 11 is 16.6. The number of carbonyl (C=O) groups is 20. The molecule has 0 bridgehead atoms. The number of rotatable bonds is 58. The third kappa shape index (κ3) is 38.1. The minimum Gasteiger partial charge on any atom is -0.481 e. The molecule has 0 spiro atoms. The lowest BCUT2D eigenvalue weighted by molar-refractivity contribution is -0.261. The number of aliphatic hydroxyl groups excluding tert-OH is 1. The minimum absolute atomic E-state index is 0.0472. The molecular formula is C79H127N23O25S4. The van der Waals surface area contributed by atoms with Crippen molar-refractivity contribution >= 4 is 169 Å². The third-order valence-electron chi connectivity index (χ3n) is 20.6. The number of unbranched alkanes of at least 4 members (excludes halogenated alkanes) is 7. The van der Waals surface area contributed by atoms with Crippen molar-refractivity contribution in [1.82, 2.24) is 99.0 Å². The van der Waals surface area contributed by atoms with Crippen LogP contribution in [-0.2, 0) is 123 Å². The Morgan fingerprint density at radius 3 is 1.52 bits per heavy atom. The Morgan fingerprint density at radius 1 is 0.550 bits per heavy atom. The number of nitrogens with zero attached hydrogens (tertiary/aromatic N) is 4. The molecule has 0 saturated carbocycles. The number of carbonyl (C=O) groups excluding carboxylic acids is 19. The van der Waals surface area contributed by atoms with Gasteiger partial charge in [-0.3, -0.25) is 96.0 Å². The molecule has 2 saturated heterocycles. The first-order valence-corrected chi connectivity index (χ1v) is 45.4. The van der Waals surface area contributed by atoms with E-state index < -0.39 is 284 Å². The summed E-state index contributed by atoms with van der Waals surface area (Å²) in [6.45, 7) is 9.14. The molecule has 0 aliphatic carbocycles. The van der Waals surface area contributed by atoms with Crippen LogP contribution in [0.2, 0.25) is 0 Å².